The van der Waals surface area contributed by atoms with Gasteiger partial charge in [0.1, 0.15) is 5.01 Å². The fourth-order valence-electron chi connectivity index (χ4n) is 2.54. The summed E-state index contributed by atoms with van der Waals surface area (Å²) >= 11 is 9.09. The van der Waals surface area contributed by atoms with E-state index in [-0.39, 0.29) is 0 Å². The van der Waals surface area contributed by atoms with Crippen LogP contribution >= 0.6 is 34.3 Å². The number of aryl methyl sites for hydroxylation is 1. The minimum Gasteiger partial charge on any atom is -0.380 e. The van der Waals surface area contributed by atoms with Gasteiger partial charge in [-0.2, -0.15) is 0 Å². The number of fused-ring (bicyclic) bond motifs is 1. The summed E-state index contributed by atoms with van der Waals surface area (Å²) in [5.74, 6) is 0. The van der Waals surface area contributed by atoms with Crippen LogP contribution in [0.4, 0.5) is 5.69 Å². The highest BCUT2D eigenvalue weighted by Gasteiger charge is 2.08. The Morgan fingerprint density at radius 2 is 2.00 bits per heavy atom. The molecule has 24 heavy (non-hydrogen) atoms. The molecule has 2 aromatic heterocycles. The second-order valence-corrected chi connectivity index (χ2v) is 8.18. The van der Waals surface area contributed by atoms with Crippen molar-refractivity contribution in [1.82, 2.24) is 9.97 Å². The van der Waals surface area contributed by atoms with Crippen molar-refractivity contribution in [3.8, 4) is 10.6 Å². The number of hydrogen-bond acceptors (Lipinski definition) is 5. The topological polar surface area (TPSA) is 37.8 Å². The van der Waals surface area contributed by atoms with Gasteiger partial charge in [-0.05, 0) is 42.8 Å². The van der Waals surface area contributed by atoms with E-state index in [4.69, 9.17) is 16.6 Å². The van der Waals surface area contributed by atoms with Gasteiger partial charge in [-0.1, -0.05) is 23.7 Å². The SMILES string of the molecule is Cc1cc(-c2nc3ccccc3s2)ccc1NCc1cnc(Cl)s1. The van der Waals surface area contributed by atoms with Gasteiger partial charge in [0.05, 0.1) is 16.8 Å². The highest BCUT2D eigenvalue weighted by Crippen LogP contribution is 2.32. The van der Waals surface area contributed by atoms with Gasteiger partial charge in [-0.3, -0.25) is 0 Å². The minimum absolute atomic E-state index is 0.578. The quantitative estimate of drug-likeness (QED) is 0.478. The number of para-hydroxylation sites is 1. The molecule has 2 aromatic carbocycles. The van der Waals surface area contributed by atoms with Crippen molar-refractivity contribution in [2.45, 2.75) is 13.5 Å². The van der Waals surface area contributed by atoms with Crippen molar-refractivity contribution >= 4 is 50.2 Å². The normalized spacial score (nSPS) is 11.1. The molecule has 0 saturated carbocycles. The molecule has 0 saturated heterocycles. The first-order chi connectivity index (χ1) is 11.7. The summed E-state index contributed by atoms with van der Waals surface area (Å²) in [4.78, 5) is 9.91. The second kappa shape index (κ2) is 6.51. The molecule has 2 heterocycles. The molecule has 0 amide bonds. The van der Waals surface area contributed by atoms with E-state index in [0.717, 1.165) is 33.2 Å². The molecule has 0 atom stereocenters. The van der Waals surface area contributed by atoms with E-state index in [1.165, 1.54) is 21.6 Å². The monoisotopic (exact) mass is 371 g/mol. The van der Waals surface area contributed by atoms with E-state index in [1.54, 1.807) is 11.3 Å². The van der Waals surface area contributed by atoms with E-state index in [0.29, 0.717) is 4.47 Å². The van der Waals surface area contributed by atoms with Gasteiger partial charge in [-0.15, -0.1) is 22.7 Å². The van der Waals surface area contributed by atoms with E-state index < -0.39 is 0 Å². The largest absolute Gasteiger partial charge is 0.380 e. The van der Waals surface area contributed by atoms with Gasteiger partial charge >= 0.3 is 0 Å². The minimum atomic E-state index is 0.578. The van der Waals surface area contributed by atoms with Crippen LogP contribution in [0, 0.1) is 6.92 Å². The Balaban J connectivity index is 1.57. The summed E-state index contributed by atoms with van der Waals surface area (Å²) in [6, 6.07) is 14.6. The number of thiazole rings is 2. The summed E-state index contributed by atoms with van der Waals surface area (Å²) in [6.45, 7) is 2.84. The Morgan fingerprint density at radius 1 is 1.12 bits per heavy atom. The molecule has 120 valence electrons. The van der Waals surface area contributed by atoms with E-state index in [1.807, 2.05) is 18.3 Å². The van der Waals surface area contributed by atoms with Crippen LogP contribution in [-0.4, -0.2) is 9.97 Å². The maximum atomic E-state index is 5.87. The molecule has 6 heteroatoms. The van der Waals surface area contributed by atoms with Crippen LogP contribution in [0.5, 0.6) is 0 Å². The molecular formula is C18H14ClN3S2. The van der Waals surface area contributed by atoms with Crippen LogP contribution in [0.25, 0.3) is 20.8 Å². The maximum Gasteiger partial charge on any atom is 0.183 e. The Morgan fingerprint density at radius 3 is 2.75 bits per heavy atom. The number of nitrogens with one attached hydrogen (secondary N) is 1. The van der Waals surface area contributed by atoms with Gasteiger partial charge in [0, 0.05) is 22.3 Å². The fraction of sp³-hybridized carbons (Fsp3) is 0.111. The molecule has 0 bridgehead atoms. The molecule has 0 unspecified atom stereocenters. The molecule has 0 aliphatic carbocycles. The van der Waals surface area contributed by atoms with Crippen molar-refractivity contribution in [1.29, 1.82) is 0 Å². The number of anilines is 1. The standard InChI is InChI=1S/C18H14ClN3S2/c1-11-8-12(17-22-15-4-2-3-5-16(15)24-17)6-7-14(11)20-9-13-10-21-18(19)23-13/h2-8,10,20H,9H2,1H3. The first-order valence-corrected chi connectivity index (χ1v) is 9.51. The number of nitrogens with zero attached hydrogens (tertiary/aromatic N) is 2. The predicted molar refractivity (Wildman–Crippen MR) is 104 cm³/mol. The van der Waals surface area contributed by atoms with Crippen molar-refractivity contribution in [2.24, 2.45) is 0 Å². The van der Waals surface area contributed by atoms with Crippen LogP contribution in [0.1, 0.15) is 10.4 Å². The lowest BCUT2D eigenvalue weighted by molar-refractivity contribution is 1.16. The van der Waals surface area contributed by atoms with Crippen molar-refractivity contribution < 1.29 is 0 Å². The maximum absolute atomic E-state index is 5.87. The van der Waals surface area contributed by atoms with Crippen LogP contribution in [0.3, 0.4) is 0 Å². The Labute approximate surface area is 153 Å². The van der Waals surface area contributed by atoms with Crippen LogP contribution < -0.4 is 5.32 Å². The molecule has 0 aliphatic heterocycles. The lowest BCUT2D eigenvalue weighted by atomic mass is 10.1. The predicted octanol–water partition coefficient (Wildman–Crippen LogP) is 5.99. The second-order valence-electron chi connectivity index (χ2n) is 5.45. The van der Waals surface area contributed by atoms with Gasteiger partial charge in [0.15, 0.2) is 4.47 Å². The van der Waals surface area contributed by atoms with Gasteiger partial charge in [0.2, 0.25) is 0 Å². The van der Waals surface area contributed by atoms with Gasteiger partial charge in [0.25, 0.3) is 0 Å². The summed E-state index contributed by atoms with van der Waals surface area (Å²) in [6.07, 6.45) is 1.81. The van der Waals surface area contributed by atoms with E-state index >= 15 is 0 Å². The molecule has 0 fully saturated rings. The van der Waals surface area contributed by atoms with Gasteiger partial charge in [-0.25, -0.2) is 9.97 Å². The highest BCUT2D eigenvalue weighted by atomic mass is 35.5. The average Bonchev–Trinajstić information content (AvgIpc) is 3.19. The Kier molecular flexibility index (Phi) is 4.22. The molecule has 3 nitrogen and oxygen atoms in total. The first-order valence-electron chi connectivity index (χ1n) is 7.50. The molecular weight excluding hydrogens is 358 g/mol. The number of hydrogen-bond donors (Lipinski definition) is 1. The molecule has 1 N–H and O–H groups in total. The van der Waals surface area contributed by atoms with Crippen LogP contribution in [0.2, 0.25) is 4.47 Å². The van der Waals surface area contributed by atoms with E-state index in [9.17, 15) is 0 Å². The van der Waals surface area contributed by atoms with Gasteiger partial charge < -0.3 is 5.32 Å². The zero-order valence-corrected chi connectivity index (χ0v) is 15.3. The zero-order chi connectivity index (χ0) is 16.5. The number of halogens is 1. The Hall–Kier alpha value is -1.95. The average molecular weight is 372 g/mol. The van der Waals surface area contributed by atoms with Crippen molar-refractivity contribution in [3.05, 3.63) is 63.6 Å². The molecule has 0 aliphatic rings. The third-order valence-electron chi connectivity index (χ3n) is 3.75. The highest BCUT2D eigenvalue weighted by molar-refractivity contribution is 7.21. The van der Waals surface area contributed by atoms with Crippen LogP contribution in [-0.2, 0) is 6.54 Å². The van der Waals surface area contributed by atoms with Crippen molar-refractivity contribution in [3.63, 3.8) is 0 Å². The number of benzene rings is 2. The van der Waals surface area contributed by atoms with Crippen molar-refractivity contribution in [2.75, 3.05) is 5.32 Å². The fourth-order valence-corrected chi connectivity index (χ4v) is 4.42. The summed E-state index contributed by atoms with van der Waals surface area (Å²) < 4.78 is 1.80. The molecule has 0 spiro atoms. The number of rotatable bonds is 4. The van der Waals surface area contributed by atoms with Crippen LogP contribution in [0.15, 0.2) is 48.7 Å². The lowest BCUT2D eigenvalue weighted by Gasteiger charge is -2.09. The molecule has 4 aromatic rings. The summed E-state index contributed by atoms with van der Waals surface area (Å²) in [5.41, 5.74) is 4.52. The van der Waals surface area contributed by atoms with E-state index in [2.05, 4.69) is 47.6 Å². The smallest absolute Gasteiger partial charge is 0.183 e. The number of aromatic nitrogens is 2. The lowest BCUT2D eigenvalue weighted by Crippen LogP contribution is -1.99. The molecule has 4 rings (SSSR count). The molecule has 0 radical (unpaired) electrons. The third-order valence-corrected chi connectivity index (χ3v) is 5.95. The summed E-state index contributed by atoms with van der Waals surface area (Å²) in [5, 5.41) is 4.50. The summed E-state index contributed by atoms with van der Waals surface area (Å²) in [7, 11) is 0. The third kappa shape index (κ3) is 3.15. The Bertz CT molecular complexity index is 973. The zero-order valence-electron chi connectivity index (χ0n) is 12.9. The first kappa shape index (κ1) is 15.6.